The van der Waals surface area contributed by atoms with Crippen molar-refractivity contribution in [2.45, 2.75) is 53.1 Å². The van der Waals surface area contributed by atoms with Gasteiger partial charge in [0.05, 0.1) is 13.2 Å². The van der Waals surface area contributed by atoms with E-state index in [9.17, 15) is 9.59 Å². The van der Waals surface area contributed by atoms with Gasteiger partial charge in [0.15, 0.2) is 0 Å². The van der Waals surface area contributed by atoms with E-state index in [2.05, 4.69) is 5.32 Å². The van der Waals surface area contributed by atoms with E-state index in [1.165, 1.54) is 0 Å². The first-order valence-corrected chi connectivity index (χ1v) is 8.81. The second kappa shape index (κ2) is 10.0. The second-order valence-corrected chi connectivity index (χ2v) is 5.75. The Kier molecular flexibility index (Phi) is 8.41. The lowest BCUT2D eigenvalue weighted by atomic mass is 10.0. The van der Waals surface area contributed by atoms with Crippen molar-refractivity contribution in [2.24, 2.45) is 0 Å². The Bertz CT molecular complexity index is 587. The molecule has 25 heavy (non-hydrogen) atoms. The highest BCUT2D eigenvalue weighted by atomic mass is 16.5. The van der Waals surface area contributed by atoms with Gasteiger partial charge < -0.3 is 19.5 Å². The molecular formula is C19H29NO5. The summed E-state index contributed by atoms with van der Waals surface area (Å²) in [4.78, 5) is 24.7. The molecule has 0 spiro atoms. The van der Waals surface area contributed by atoms with E-state index in [-0.39, 0.29) is 12.5 Å². The third kappa shape index (κ3) is 5.74. The minimum absolute atomic E-state index is 0.256. The van der Waals surface area contributed by atoms with Gasteiger partial charge in [-0.3, -0.25) is 4.79 Å². The molecule has 1 unspecified atom stereocenters. The molecule has 0 aromatic heterocycles. The Morgan fingerprint density at radius 1 is 1.12 bits per heavy atom. The zero-order chi connectivity index (χ0) is 18.9. The van der Waals surface area contributed by atoms with Gasteiger partial charge in [-0.1, -0.05) is 13.8 Å². The summed E-state index contributed by atoms with van der Waals surface area (Å²) in [6.45, 7) is 10.4. The largest absolute Gasteiger partial charge is 0.493 e. The van der Waals surface area contributed by atoms with Crippen LogP contribution in [0.5, 0.6) is 5.75 Å². The Labute approximate surface area is 149 Å². The monoisotopic (exact) mass is 351 g/mol. The number of carbonyl (C=O) groups excluding carboxylic acids is 2. The van der Waals surface area contributed by atoms with Gasteiger partial charge in [-0.05, 0) is 51.8 Å². The summed E-state index contributed by atoms with van der Waals surface area (Å²) in [6.07, 6.45) is 1.36. The first-order chi connectivity index (χ1) is 11.9. The average Bonchev–Trinajstić information content (AvgIpc) is 2.60. The Balaban J connectivity index is 3.06. The summed E-state index contributed by atoms with van der Waals surface area (Å²) in [6, 6.07) is 4.94. The zero-order valence-electron chi connectivity index (χ0n) is 15.8. The molecule has 6 nitrogen and oxygen atoms in total. The molecular weight excluding hydrogens is 322 g/mol. The smallest absolute Gasteiger partial charge is 0.341 e. The van der Waals surface area contributed by atoms with Crippen LogP contribution in [0.2, 0.25) is 0 Å². The number of carbonyl (C=O) groups is 2. The van der Waals surface area contributed by atoms with Crippen LogP contribution in [0.4, 0.5) is 5.69 Å². The molecule has 1 N–H and O–H groups in total. The van der Waals surface area contributed by atoms with Crippen LogP contribution in [0.25, 0.3) is 0 Å². The van der Waals surface area contributed by atoms with Gasteiger partial charge in [0, 0.05) is 12.3 Å². The maximum absolute atomic E-state index is 12.5. The van der Waals surface area contributed by atoms with Crippen LogP contribution in [0, 0.1) is 0 Å². The molecule has 0 heterocycles. The lowest BCUT2D eigenvalue weighted by Gasteiger charge is -2.27. The molecule has 0 radical (unpaired) electrons. The minimum Gasteiger partial charge on any atom is -0.493 e. The Hall–Kier alpha value is -2.08. The SMILES string of the molecule is CCCOc1ccc(NC(=O)C(C)(CC)OCC)cc1C(=O)OCC. The summed E-state index contributed by atoms with van der Waals surface area (Å²) >= 11 is 0. The number of esters is 1. The van der Waals surface area contributed by atoms with Crippen molar-refractivity contribution >= 4 is 17.6 Å². The molecule has 0 aliphatic rings. The van der Waals surface area contributed by atoms with Crippen molar-refractivity contribution in [3.05, 3.63) is 23.8 Å². The maximum atomic E-state index is 12.5. The number of hydrogen-bond donors (Lipinski definition) is 1. The van der Waals surface area contributed by atoms with Gasteiger partial charge in [-0.25, -0.2) is 4.79 Å². The second-order valence-electron chi connectivity index (χ2n) is 5.75. The van der Waals surface area contributed by atoms with Gasteiger partial charge in [0.2, 0.25) is 0 Å². The van der Waals surface area contributed by atoms with Crippen molar-refractivity contribution in [1.82, 2.24) is 0 Å². The molecule has 6 heteroatoms. The topological polar surface area (TPSA) is 73.9 Å². The van der Waals surface area contributed by atoms with Crippen LogP contribution >= 0.6 is 0 Å². The lowest BCUT2D eigenvalue weighted by Crippen LogP contribution is -2.42. The molecule has 1 atom stereocenters. The molecule has 1 aromatic carbocycles. The fraction of sp³-hybridized carbons (Fsp3) is 0.579. The fourth-order valence-electron chi connectivity index (χ4n) is 2.22. The molecule has 0 saturated carbocycles. The molecule has 1 aromatic rings. The van der Waals surface area contributed by atoms with Crippen LogP contribution in [-0.4, -0.2) is 37.3 Å². The predicted molar refractivity (Wildman–Crippen MR) is 97.1 cm³/mol. The number of amides is 1. The number of anilines is 1. The third-order valence-electron chi connectivity index (χ3n) is 3.81. The number of hydrogen-bond acceptors (Lipinski definition) is 5. The maximum Gasteiger partial charge on any atom is 0.341 e. The highest BCUT2D eigenvalue weighted by molar-refractivity contribution is 5.99. The minimum atomic E-state index is -0.920. The van der Waals surface area contributed by atoms with E-state index < -0.39 is 11.6 Å². The van der Waals surface area contributed by atoms with Crippen molar-refractivity contribution in [3.63, 3.8) is 0 Å². The highest BCUT2D eigenvalue weighted by Gasteiger charge is 2.32. The van der Waals surface area contributed by atoms with Crippen LogP contribution in [0.15, 0.2) is 18.2 Å². The molecule has 0 fully saturated rings. The highest BCUT2D eigenvalue weighted by Crippen LogP contribution is 2.26. The quantitative estimate of drug-likeness (QED) is 0.649. The molecule has 0 aliphatic heterocycles. The number of ether oxygens (including phenoxy) is 3. The zero-order valence-corrected chi connectivity index (χ0v) is 15.8. The van der Waals surface area contributed by atoms with E-state index in [0.29, 0.717) is 36.6 Å². The van der Waals surface area contributed by atoms with Crippen molar-refractivity contribution in [3.8, 4) is 5.75 Å². The predicted octanol–water partition coefficient (Wildman–Crippen LogP) is 3.80. The van der Waals surface area contributed by atoms with Gasteiger partial charge in [0.25, 0.3) is 5.91 Å². The summed E-state index contributed by atoms with van der Waals surface area (Å²) in [5.74, 6) is -0.289. The normalized spacial score (nSPS) is 13.0. The van der Waals surface area contributed by atoms with Gasteiger partial charge in [0.1, 0.15) is 16.9 Å². The van der Waals surface area contributed by atoms with Gasteiger partial charge in [-0.15, -0.1) is 0 Å². The molecule has 140 valence electrons. The number of nitrogens with one attached hydrogen (secondary N) is 1. The summed E-state index contributed by atoms with van der Waals surface area (Å²) in [5.41, 5.74) is -0.130. The first-order valence-electron chi connectivity index (χ1n) is 8.81. The lowest BCUT2D eigenvalue weighted by molar-refractivity contribution is -0.139. The summed E-state index contributed by atoms with van der Waals surface area (Å²) in [5, 5.41) is 2.81. The molecule has 1 rings (SSSR count). The first kappa shape index (κ1) is 21.0. The van der Waals surface area contributed by atoms with Gasteiger partial charge >= 0.3 is 5.97 Å². The summed E-state index contributed by atoms with van der Waals surface area (Å²) < 4.78 is 16.3. The molecule has 0 bridgehead atoms. The van der Waals surface area contributed by atoms with E-state index in [4.69, 9.17) is 14.2 Å². The van der Waals surface area contributed by atoms with E-state index >= 15 is 0 Å². The molecule has 1 amide bonds. The van der Waals surface area contributed by atoms with Crippen LogP contribution in [-0.2, 0) is 14.3 Å². The summed E-state index contributed by atoms with van der Waals surface area (Å²) in [7, 11) is 0. The van der Waals surface area contributed by atoms with E-state index in [1.54, 1.807) is 32.0 Å². The standard InChI is InChI=1S/C19H29NO5/c1-6-12-24-16-11-10-14(13-15(16)17(21)23-8-3)20-18(22)19(5,7-2)25-9-4/h10-11,13H,6-9,12H2,1-5H3,(H,20,22). The average molecular weight is 351 g/mol. The van der Waals surface area contributed by atoms with Crippen LogP contribution in [0.3, 0.4) is 0 Å². The van der Waals surface area contributed by atoms with Crippen molar-refractivity contribution in [1.29, 1.82) is 0 Å². The number of benzene rings is 1. The number of rotatable bonds is 10. The Morgan fingerprint density at radius 3 is 2.40 bits per heavy atom. The van der Waals surface area contributed by atoms with Crippen molar-refractivity contribution < 1.29 is 23.8 Å². The van der Waals surface area contributed by atoms with Crippen molar-refractivity contribution in [2.75, 3.05) is 25.1 Å². The Morgan fingerprint density at radius 2 is 1.84 bits per heavy atom. The third-order valence-corrected chi connectivity index (χ3v) is 3.81. The molecule has 0 saturated heterocycles. The van der Waals surface area contributed by atoms with Crippen LogP contribution in [0.1, 0.15) is 57.8 Å². The van der Waals surface area contributed by atoms with E-state index in [0.717, 1.165) is 6.42 Å². The van der Waals surface area contributed by atoms with Gasteiger partial charge in [-0.2, -0.15) is 0 Å². The fourth-order valence-corrected chi connectivity index (χ4v) is 2.22. The van der Waals surface area contributed by atoms with E-state index in [1.807, 2.05) is 20.8 Å². The van der Waals surface area contributed by atoms with Crippen LogP contribution < -0.4 is 10.1 Å². The molecule has 0 aliphatic carbocycles.